The number of hydrogen-bond acceptors (Lipinski definition) is 5. The molecule has 1 amide bonds. The number of piperidine rings is 1. The zero-order valence-electron chi connectivity index (χ0n) is 23.2. The second-order valence-corrected chi connectivity index (χ2v) is 12.0. The summed E-state index contributed by atoms with van der Waals surface area (Å²) >= 11 is 0. The summed E-state index contributed by atoms with van der Waals surface area (Å²) in [5.41, 5.74) is -0.534. The highest BCUT2D eigenvalue weighted by Crippen LogP contribution is 2.66. The number of rotatable bonds is 6. The van der Waals surface area contributed by atoms with E-state index in [-0.39, 0.29) is 29.3 Å². The molecule has 6 nitrogen and oxygen atoms in total. The molecule has 2 N–H and O–H groups in total. The third-order valence-corrected chi connectivity index (χ3v) is 9.71. The van der Waals surface area contributed by atoms with Crippen molar-refractivity contribution in [3.8, 4) is 11.5 Å². The molecule has 0 aromatic heterocycles. The number of amides is 1. The first kappa shape index (κ1) is 27.8. The first-order chi connectivity index (χ1) is 19.4. The standard InChI is InChI=1S/C32H35F3N2O4/c1-4-15-36-16-14-30-27-21-9-10-24(38)28(27)41-29(30)23(12-13-31(30,40)25(36)18-21)37(19(2)3)26(39)11-8-20-6-5-7-22(17-20)32(33,34)35/h4-11,17,19,23,25,29,38,40H,1,12-16,18H2,2-3H3/b11-8+/t23?,25-,29?,30+,31-/m1/s1. The van der Waals surface area contributed by atoms with Gasteiger partial charge in [0.25, 0.3) is 0 Å². The van der Waals surface area contributed by atoms with E-state index in [9.17, 15) is 28.2 Å². The maximum absolute atomic E-state index is 13.7. The van der Waals surface area contributed by atoms with E-state index in [2.05, 4.69) is 11.5 Å². The lowest BCUT2D eigenvalue weighted by atomic mass is 9.48. The average molecular weight is 569 g/mol. The van der Waals surface area contributed by atoms with Crippen LogP contribution in [0.25, 0.3) is 6.08 Å². The van der Waals surface area contributed by atoms with Gasteiger partial charge in [0.1, 0.15) is 6.10 Å². The third-order valence-electron chi connectivity index (χ3n) is 9.71. The van der Waals surface area contributed by atoms with Gasteiger partial charge in [-0.25, -0.2) is 0 Å². The molecule has 0 radical (unpaired) electrons. The molecule has 2 unspecified atom stereocenters. The molecule has 2 aromatic carbocycles. The van der Waals surface area contributed by atoms with E-state index in [0.717, 1.165) is 23.3 Å². The van der Waals surface area contributed by atoms with E-state index in [4.69, 9.17) is 4.74 Å². The number of aromatic hydroxyl groups is 1. The molecule has 5 atom stereocenters. The minimum atomic E-state index is -4.48. The Balaban J connectivity index is 1.38. The number of hydrogen-bond donors (Lipinski definition) is 2. The SMILES string of the molecule is C=CCN1CC[C@]23c4c5ccc(O)c4OC2C(N(C(=O)/C=C/c2cccc(C(F)(F)F)c2)C(C)C)CC[C@@]3(O)[C@H]1C5. The number of alkyl halides is 3. The minimum Gasteiger partial charge on any atom is -0.504 e. The molecule has 2 fully saturated rings. The molecule has 2 heterocycles. The largest absolute Gasteiger partial charge is 0.504 e. The van der Waals surface area contributed by atoms with Crippen molar-refractivity contribution in [1.82, 2.24) is 9.80 Å². The van der Waals surface area contributed by atoms with Crippen LogP contribution in [0.1, 0.15) is 55.4 Å². The van der Waals surface area contributed by atoms with Gasteiger partial charge in [-0.05, 0) is 81.5 Å². The Kier molecular flexibility index (Phi) is 6.54. The summed E-state index contributed by atoms with van der Waals surface area (Å²) in [6.07, 6.45) is 1.65. The predicted octanol–water partition coefficient (Wildman–Crippen LogP) is 5.07. The van der Waals surface area contributed by atoms with E-state index in [1.807, 2.05) is 26.0 Å². The third kappa shape index (κ3) is 4.03. The first-order valence-corrected chi connectivity index (χ1v) is 14.2. The zero-order chi connectivity index (χ0) is 29.3. The summed E-state index contributed by atoms with van der Waals surface area (Å²) in [6.45, 7) is 9.07. The summed E-state index contributed by atoms with van der Waals surface area (Å²) in [6, 6.07) is 7.59. The summed E-state index contributed by atoms with van der Waals surface area (Å²) in [5, 5.41) is 23.4. The van der Waals surface area contributed by atoms with Crippen LogP contribution in [-0.4, -0.2) is 68.8 Å². The summed E-state index contributed by atoms with van der Waals surface area (Å²) in [5.74, 6) is 0.0706. The maximum Gasteiger partial charge on any atom is 0.416 e. The number of phenols is 1. The Labute approximate surface area is 237 Å². The molecule has 4 aliphatic rings. The molecule has 2 aliphatic heterocycles. The van der Waals surface area contributed by atoms with Gasteiger partial charge in [0.2, 0.25) is 5.91 Å². The average Bonchev–Trinajstić information content (AvgIpc) is 3.27. The molecular weight excluding hydrogens is 533 g/mol. The molecule has 9 heteroatoms. The van der Waals surface area contributed by atoms with Crippen molar-refractivity contribution in [2.45, 2.75) is 81.0 Å². The Morgan fingerprint density at radius 1 is 1.27 bits per heavy atom. The quantitative estimate of drug-likeness (QED) is 0.376. The molecule has 2 bridgehead atoms. The summed E-state index contributed by atoms with van der Waals surface area (Å²) < 4.78 is 46.2. The fraction of sp³-hybridized carbons (Fsp3) is 0.469. The van der Waals surface area contributed by atoms with Gasteiger partial charge in [-0.3, -0.25) is 9.69 Å². The van der Waals surface area contributed by atoms with Gasteiger partial charge in [-0.1, -0.05) is 24.3 Å². The molecular formula is C32H35F3N2O4. The molecule has 41 heavy (non-hydrogen) atoms. The Hall–Kier alpha value is -3.30. The van der Waals surface area contributed by atoms with E-state index in [1.165, 1.54) is 24.3 Å². The topological polar surface area (TPSA) is 73.2 Å². The normalized spacial score (nSPS) is 30.3. The smallest absolute Gasteiger partial charge is 0.416 e. The van der Waals surface area contributed by atoms with Crippen LogP contribution in [0, 0.1) is 0 Å². The van der Waals surface area contributed by atoms with Crippen LogP contribution in [0.3, 0.4) is 0 Å². The van der Waals surface area contributed by atoms with Gasteiger partial charge in [0.15, 0.2) is 11.5 Å². The number of likely N-dealkylation sites (tertiary alicyclic amines) is 1. The highest BCUT2D eigenvalue weighted by atomic mass is 19.4. The Bertz CT molecular complexity index is 1420. The van der Waals surface area contributed by atoms with Crippen molar-refractivity contribution >= 4 is 12.0 Å². The second-order valence-electron chi connectivity index (χ2n) is 12.0. The lowest BCUT2D eigenvalue weighted by molar-refractivity contribution is -0.200. The molecule has 2 aliphatic carbocycles. The van der Waals surface area contributed by atoms with Crippen molar-refractivity contribution in [3.63, 3.8) is 0 Å². The number of aliphatic hydroxyl groups is 1. The number of phenolic OH excluding ortho intramolecular Hbond substituents is 1. The Morgan fingerprint density at radius 2 is 2.05 bits per heavy atom. The van der Waals surface area contributed by atoms with E-state index >= 15 is 0 Å². The molecule has 1 spiro atoms. The van der Waals surface area contributed by atoms with Crippen LogP contribution in [0.4, 0.5) is 13.2 Å². The van der Waals surface area contributed by atoms with Crippen LogP contribution in [0.2, 0.25) is 0 Å². The van der Waals surface area contributed by atoms with Crippen LogP contribution in [0.5, 0.6) is 11.5 Å². The molecule has 6 rings (SSSR count). The van der Waals surface area contributed by atoms with Gasteiger partial charge < -0.3 is 19.8 Å². The van der Waals surface area contributed by atoms with Crippen molar-refractivity contribution in [2.75, 3.05) is 13.1 Å². The second kappa shape index (κ2) is 9.63. The molecule has 1 saturated carbocycles. The van der Waals surface area contributed by atoms with Crippen molar-refractivity contribution in [1.29, 1.82) is 0 Å². The highest BCUT2D eigenvalue weighted by molar-refractivity contribution is 5.92. The molecule has 2 aromatic rings. The number of carbonyl (C=O) groups is 1. The van der Waals surface area contributed by atoms with Crippen molar-refractivity contribution in [2.24, 2.45) is 0 Å². The monoisotopic (exact) mass is 568 g/mol. The molecule has 218 valence electrons. The fourth-order valence-corrected chi connectivity index (χ4v) is 8.15. The lowest BCUT2D eigenvalue weighted by Gasteiger charge is -2.65. The van der Waals surface area contributed by atoms with Gasteiger partial charge in [0, 0.05) is 30.3 Å². The summed E-state index contributed by atoms with van der Waals surface area (Å²) in [4.78, 5) is 17.7. The van der Waals surface area contributed by atoms with Crippen molar-refractivity contribution < 1.29 is 32.9 Å². The van der Waals surface area contributed by atoms with Gasteiger partial charge in [-0.15, -0.1) is 6.58 Å². The van der Waals surface area contributed by atoms with Crippen LogP contribution in [0.15, 0.2) is 55.1 Å². The fourth-order valence-electron chi connectivity index (χ4n) is 8.15. The number of nitrogens with zero attached hydrogens (tertiary/aromatic N) is 2. The molecule has 1 saturated heterocycles. The van der Waals surface area contributed by atoms with Crippen LogP contribution in [-0.2, 0) is 22.8 Å². The van der Waals surface area contributed by atoms with Crippen molar-refractivity contribution in [3.05, 3.63) is 77.4 Å². The number of benzene rings is 2. The van der Waals surface area contributed by atoms with Crippen LogP contribution >= 0.6 is 0 Å². The van der Waals surface area contributed by atoms with Crippen LogP contribution < -0.4 is 4.74 Å². The number of halogens is 3. The van der Waals surface area contributed by atoms with Gasteiger partial charge >= 0.3 is 6.18 Å². The first-order valence-electron chi connectivity index (χ1n) is 14.2. The van der Waals surface area contributed by atoms with Gasteiger partial charge in [-0.2, -0.15) is 13.2 Å². The van der Waals surface area contributed by atoms with E-state index in [1.54, 1.807) is 11.0 Å². The maximum atomic E-state index is 13.7. The van der Waals surface area contributed by atoms with E-state index < -0.39 is 34.9 Å². The van der Waals surface area contributed by atoms with E-state index in [0.29, 0.717) is 44.5 Å². The number of ether oxygens (including phenoxy) is 1. The number of carbonyl (C=O) groups excluding carboxylic acids is 1. The van der Waals surface area contributed by atoms with Gasteiger partial charge in [0.05, 0.1) is 22.6 Å². The predicted molar refractivity (Wildman–Crippen MR) is 149 cm³/mol. The zero-order valence-corrected chi connectivity index (χ0v) is 23.2. The lowest BCUT2D eigenvalue weighted by Crippen LogP contribution is -2.78. The minimum absolute atomic E-state index is 0.0208. The summed E-state index contributed by atoms with van der Waals surface area (Å²) in [7, 11) is 0. The highest BCUT2D eigenvalue weighted by Gasteiger charge is 2.73. The Morgan fingerprint density at radius 3 is 2.76 bits per heavy atom.